The summed E-state index contributed by atoms with van der Waals surface area (Å²) >= 11 is 12.3. The number of sulfone groups is 1. The summed E-state index contributed by atoms with van der Waals surface area (Å²) in [6, 6.07) is 40.4. The Morgan fingerprint density at radius 3 is 1.93 bits per heavy atom. The van der Waals surface area contributed by atoms with Gasteiger partial charge in [0.25, 0.3) is 0 Å². The predicted molar refractivity (Wildman–Crippen MR) is 375 cm³/mol. The summed E-state index contributed by atoms with van der Waals surface area (Å²) in [5.74, 6) is -2.55. The Bertz CT molecular complexity index is 4470. The molecule has 2 N–H and O–H groups in total. The number of amides is 2. The number of nitrogens with one attached hydrogen (secondary N) is 2. The highest BCUT2D eigenvalue weighted by molar-refractivity contribution is 7.90. The molecule has 8 aromatic rings. The number of nitrogens with zero attached hydrogens (tertiary/aromatic N) is 4. The molecule has 4 heterocycles. The van der Waals surface area contributed by atoms with Crippen LogP contribution in [0.2, 0.25) is 10.0 Å². The number of carbonyl (C=O) groups is 6. The summed E-state index contributed by atoms with van der Waals surface area (Å²) in [5, 5.41) is 6.61. The fraction of sp³-hybridized carbons (Fsp3) is 0.324. The predicted octanol–water partition coefficient (Wildman–Crippen LogP) is 11.8. The average Bonchev–Trinajstić information content (AvgIpc) is 1.71. The molecule has 2 aromatic heterocycles. The van der Waals surface area contributed by atoms with Crippen molar-refractivity contribution in [1.82, 2.24) is 19.7 Å². The minimum atomic E-state index is -4.49. The molecule has 103 heavy (non-hydrogen) atoms. The number of oxazole rings is 1. The Hall–Kier alpha value is -10.2. The number of ether oxygens (including phenoxy) is 9. The molecule has 2 aliphatic heterocycles. The number of esters is 2. The van der Waals surface area contributed by atoms with Crippen LogP contribution in [0, 0.1) is 5.92 Å². The van der Waals surface area contributed by atoms with Crippen LogP contribution in [0.3, 0.4) is 0 Å². The molecule has 1 aliphatic carbocycles. The number of carbonyl (C=O) groups excluding carboxylic acids is 6. The Labute approximate surface area is 603 Å². The number of anilines is 1. The second-order valence-electron chi connectivity index (χ2n) is 22.4. The average molecular weight is 1500 g/mol. The Morgan fingerprint density at radius 1 is 0.718 bits per heavy atom. The van der Waals surface area contributed by atoms with Crippen LogP contribution in [0.4, 0.5) is 10.7 Å². The number of fused-ring (bicyclic) bond motifs is 1. The molecule has 546 valence electrons. The van der Waals surface area contributed by atoms with Gasteiger partial charge >= 0.3 is 34.4 Å². The minimum Gasteiger partial charge on any atom is -0.490 e. The highest BCUT2D eigenvalue weighted by Crippen LogP contribution is 2.42. The molecule has 11 rings (SSSR count). The minimum absolute atomic E-state index is 0.0385. The summed E-state index contributed by atoms with van der Waals surface area (Å²) in [6.07, 6.45) is 3.34. The largest absolute Gasteiger partial charge is 0.490 e. The summed E-state index contributed by atoms with van der Waals surface area (Å²) in [4.78, 5) is 90.3. The molecule has 3 aliphatic rings. The van der Waals surface area contributed by atoms with Crippen LogP contribution in [0.15, 0.2) is 160 Å². The number of ketones is 3. The van der Waals surface area contributed by atoms with Crippen molar-refractivity contribution in [2.75, 3.05) is 58.8 Å². The SMILES string of the molecule is CCOC(=O)C(C)Oc1ccc(Oc2nc3ccc(Cl)cc3o2)cc1.CCOC(=O)C1=NOC(c2ccccc2)(c2ccccc2)C1.CCOc1ccccc1OS(=O)(=O)NC(=O)Nc1nc(OC)cc(OC)n1.CS(=O)(=O)c1ccc(C(=O)C2C(=O)CCCC2=O)c(Cl)c1COCC1CCCO1. The lowest BCUT2D eigenvalue weighted by Gasteiger charge is -2.27. The van der Waals surface area contributed by atoms with E-state index < -0.39 is 73.1 Å². The summed E-state index contributed by atoms with van der Waals surface area (Å²) in [7, 11) is -5.40. The monoisotopic (exact) mass is 1500 g/mol. The van der Waals surface area contributed by atoms with E-state index in [-0.39, 0.29) is 88.5 Å². The Kier molecular flexibility index (Phi) is 28.3. The summed E-state index contributed by atoms with van der Waals surface area (Å²) < 4.78 is 108. The van der Waals surface area contributed by atoms with Gasteiger partial charge in [-0.2, -0.15) is 23.4 Å². The van der Waals surface area contributed by atoms with Gasteiger partial charge in [-0.25, -0.2) is 27.5 Å². The van der Waals surface area contributed by atoms with E-state index in [1.165, 1.54) is 44.6 Å². The number of urea groups is 1. The number of oxime groups is 1. The first-order valence-corrected chi connectivity index (χ1v) is 36.2. The number of benzene rings is 6. The maximum atomic E-state index is 12.9. The van der Waals surface area contributed by atoms with E-state index in [1.54, 1.807) is 87.0 Å². The molecule has 2 amide bonds. The number of para-hydroxylation sites is 2. The molecule has 1 saturated heterocycles. The number of methoxy groups -OCH3 is 2. The molecular formula is C71H74Cl2N6O22S2. The van der Waals surface area contributed by atoms with Crippen molar-refractivity contribution < 1.29 is 102 Å². The van der Waals surface area contributed by atoms with Gasteiger partial charge in [-0.3, -0.25) is 19.7 Å². The lowest BCUT2D eigenvalue weighted by molar-refractivity contribution is -0.150. The summed E-state index contributed by atoms with van der Waals surface area (Å²) in [6.45, 7) is 8.64. The van der Waals surface area contributed by atoms with Crippen LogP contribution < -0.4 is 37.9 Å². The van der Waals surface area contributed by atoms with Crippen molar-refractivity contribution in [2.24, 2.45) is 11.1 Å². The van der Waals surface area contributed by atoms with Crippen molar-refractivity contribution in [2.45, 2.75) is 95.5 Å². The van der Waals surface area contributed by atoms with Gasteiger partial charge in [0.15, 0.2) is 61.7 Å². The lowest BCUT2D eigenvalue weighted by Crippen LogP contribution is -2.37. The number of Topliss-reactive ketones (excluding diaryl/α,β-unsaturated/α-hetero) is 3. The lowest BCUT2D eigenvalue weighted by atomic mass is 9.81. The van der Waals surface area contributed by atoms with Gasteiger partial charge in [-0.15, -0.1) is 0 Å². The number of hydrogen-bond acceptors (Lipinski definition) is 26. The normalized spacial score (nSPS) is 15.0. The van der Waals surface area contributed by atoms with Gasteiger partial charge in [0.2, 0.25) is 17.7 Å². The van der Waals surface area contributed by atoms with Gasteiger partial charge in [0.05, 0.1) is 75.8 Å². The molecule has 2 unspecified atom stereocenters. The van der Waals surface area contributed by atoms with Crippen LogP contribution in [-0.2, 0) is 75.3 Å². The molecule has 0 radical (unpaired) electrons. The third-order valence-electron chi connectivity index (χ3n) is 15.1. The van der Waals surface area contributed by atoms with E-state index in [0.29, 0.717) is 72.6 Å². The van der Waals surface area contributed by atoms with E-state index in [0.717, 1.165) is 30.2 Å². The highest BCUT2D eigenvalue weighted by atomic mass is 35.5. The highest BCUT2D eigenvalue weighted by Gasteiger charge is 2.45. The Balaban J connectivity index is 0.000000175. The van der Waals surface area contributed by atoms with E-state index in [9.17, 15) is 45.6 Å². The molecule has 1 saturated carbocycles. The number of hydrogen-bond donors (Lipinski definition) is 2. The summed E-state index contributed by atoms with van der Waals surface area (Å²) in [5.41, 5.74) is 2.78. The maximum absolute atomic E-state index is 12.9. The first-order valence-electron chi connectivity index (χ1n) is 32.1. The first-order chi connectivity index (χ1) is 49.4. The van der Waals surface area contributed by atoms with Crippen molar-refractivity contribution in [3.63, 3.8) is 0 Å². The van der Waals surface area contributed by atoms with Crippen molar-refractivity contribution in [3.8, 4) is 40.8 Å². The molecule has 32 heteroatoms. The molecule has 2 fully saturated rings. The third-order valence-corrected chi connectivity index (χ3v) is 17.8. The van der Waals surface area contributed by atoms with Crippen LogP contribution in [0.5, 0.6) is 40.8 Å². The Morgan fingerprint density at radius 2 is 1.34 bits per heavy atom. The van der Waals surface area contributed by atoms with Crippen LogP contribution in [0.25, 0.3) is 11.1 Å². The quantitative estimate of drug-likeness (QED) is 0.0305. The van der Waals surface area contributed by atoms with E-state index >= 15 is 0 Å². The van der Waals surface area contributed by atoms with Gasteiger partial charge in [0.1, 0.15) is 22.9 Å². The molecule has 28 nitrogen and oxygen atoms in total. The van der Waals surface area contributed by atoms with Crippen LogP contribution in [-0.4, -0.2) is 139 Å². The van der Waals surface area contributed by atoms with Gasteiger partial charge < -0.3 is 56.1 Å². The van der Waals surface area contributed by atoms with E-state index in [2.05, 4.69) is 25.4 Å². The van der Waals surface area contributed by atoms with E-state index in [4.69, 9.17) is 79.3 Å². The topological polar surface area (TPSA) is 360 Å². The van der Waals surface area contributed by atoms with Crippen molar-refractivity contribution in [1.29, 1.82) is 0 Å². The molecule has 6 aromatic carbocycles. The van der Waals surface area contributed by atoms with Gasteiger partial charge in [-0.05, 0) is 108 Å². The smallest absolute Gasteiger partial charge is 0.411 e. The fourth-order valence-corrected chi connectivity index (χ4v) is 12.5. The van der Waals surface area contributed by atoms with Crippen molar-refractivity contribution >= 4 is 101 Å². The number of halogens is 2. The molecule has 0 bridgehead atoms. The van der Waals surface area contributed by atoms with E-state index in [1.807, 2.05) is 60.7 Å². The molecular weight excluding hydrogens is 1420 g/mol. The maximum Gasteiger partial charge on any atom is 0.411 e. The van der Waals surface area contributed by atoms with Crippen molar-refractivity contribution in [3.05, 3.63) is 178 Å². The third kappa shape index (κ3) is 21.9. The standard InChI is InChI=1S/C20H23ClO7S.C18H16ClNO5.C18H17NO3.C15H18N4O7S/c1-29(25,26)17-8-7-13(20(24)18-15(22)5-2-6-16(18)23)19(21)14(17)11-27-10-12-4-3-9-28-12;1-3-22-17(21)11(2)23-13-5-7-14(8-6-13)24-18-20-15-9-4-12(19)10-16(15)25-18;1-2-21-17(20)16-13-18(22-19-16,14-9-5-3-6-10-14)15-11-7-4-8-12-15;1-4-25-10-7-5-6-8-11(10)26-27(21,22)19-15(20)18-14-16-12(23-2)9-13(17-14)24-3/h7-8,12,18H,2-6,9-11H2,1H3;4-11H,3H2,1-2H3;3-12H,2,13H2,1H3;5-9H,4H2,1-3H3,(H2,16,17,18,19,20). The van der Waals surface area contributed by atoms with Crippen LogP contribution in [0.1, 0.15) is 93.3 Å². The zero-order valence-corrected chi connectivity index (χ0v) is 60.1. The van der Waals surface area contributed by atoms with Gasteiger partial charge in [0, 0.05) is 59.0 Å². The molecule has 2 atom stereocenters. The number of aromatic nitrogens is 3. The van der Waals surface area contributed by atoms with Crippen LogP contribution >= 0.6 is 23.2 Å². The zero-order valence-electron chi connectivity index (χ0n) is 56.9. The second-order valence-corrected chi connectivity index (χ2v) is 26.5. The zero-order chi connectivity index (χ0) is 74.3. The van der Waals surface area contributed by atoms with Gasteiger partial charge in [-0.1, -0.05) is 101 Å². The first kappa shape index (κ1) is 78.5. The number of rotatable bonds is 25. The molecule has 0 spiro atoms. The second kappa shape index (κ2) is 37.1. The fourth-order valence-electron chi connectivity index (χ4n) is 10.3.